The van der Waals surface area contributed by atoms with Crippen LogP contribution < -0.4 is 10.6 Å². The molecule has 1 amide bonds. The lowest BCUT2D eigenvalue weighted by molar-refractivity contribution is 0.0928. The molecule has 0 radical (unpaired) electrons. The van der Waals surface area contributed by atoms with Crippen molar-refractivity contribution in [1.82, 2.24) is 20.1 Å². The Kier molecular flexibility index (Phi) is 4.42. The van der Waals surface area contributed by atoms with Crippen molar-refractivity contribution in [1.29, 1.82) is 0 Å². The highest BCUT2D eigenvalue weighted by atomic mass is 16.1. The molecule has 0 saturated heterocycles. The zero-order valence-electron chi connectivity index (χ0n) is 15.5. The Morgan fingerprint density at radius 3 is 2.81 bits per heavy atom. The highest BCUT2D eigenvalue weighted by Crippen LogP contribution is 2.39. The predicted octanol–water partition coefficient (Wildman–Crippen LogP) is 3.63. The molecule has 1 fully saturated rings. The largest absolute Gasteiger partial charge is 0.361 e. The van der Waals surface area contributed by atoms with Crippen molar-refractivity contribution in [3.63, 3.8) is 0 Å². The molecule has 1 atom stereocenters. The number of aromatic nitrogens is 3. The van der Waals surface area contributed by atoms with E-state index in [4.69, 9.17) is 0 Å². The van der Waals surface area contributed by atoms with Crippen LogP contribution >= 0.6 is 0 Å². The van der Waals surface area contributed by atoms with Crippen LogP contribution in [0.3, 0.4) is 0 Å². The van der Waals surface area contributed by atoms with Crippen molar-refractivity contribution in [2.75, 3.05) is 5.32 Å². The molecular formula is C20H27N5O. The lowest BCUT2D eigenvalue weighted by Crippen LogP contribution is -2.40. The van der Waals surface area contributed by atoms with Gasteiger partial charge in [-0.15, -0.1) is 0 Å². The summed E-state index contributed by atoms with van der Waals surface area (Å²) in [6.45, 7) is 4.31. The summed E-state index contributed by atoms with van der Waals surface area (Å²) in [7, 11) is 0. The predicted molar refractivity (Wildman–Crippen MR) is 101 cm³/mol. The van der Waals surface area contributed by atoms with E-state index in [9.17, 15) is 4.79 Å². The molecule has 1 unspecified atom stereocenters. The molecule has 26 heavy (non-hydrogen) atoms. The molecule has 2 aliphatic rings. The molecule has 0 aromatic carbocycles. The van der Waals surface area contributed by atoms with Crippen molar-refractivity contribution in [3.8, 4) is 0 Å². The summed E-state index contributed by atoms with van der Waals surface area (Å²) in [5.41, 5.74) is 1.43. The summed E-state index contributed by atoms with van der Waals surface area (Å²) in [5.74, 6) is 0.772. The average Bonchev–Trinajstić information content (AvgIpc) is 3.08. The van der Waals surface area contributed by atoms with E-state index in [-0.39, 0.29) is 23.5 Å². The lowest BCUT2D eigenvalue weighted by atomic mass is 9.91. The van der Waals surface area contributed by atoms with Gasteiger partial charge in [-0.2, -0.15) is 5.10 Å². The average molecular weight is 353 g/mol. The van der Waals surface area contributed by atoms with E-state index in [2.05, 4.69) is 34.6 Å². The quantitative estimate of drug-likeness (QED) is 0.884. The van der Waals surface area contributed by atoms with Gasteiger partial charge in [-0.1, -0.05) is 25.3 Å². The van der Waals surface area contributed by atoms with E-state index in [0.717, 1.165) is 30.8 Å². The summed E-state index contributed by atoms with van der Waals surface area (Å²) in [4.78, 5) is 17.4. The first-order valence-electron chi connectivity index (χ1n) is 9.61. The van der Waals surface area contributed by atoms with Gasteiger partial charge in [-0.05, 0) is 45.2 Å². The van der Waals surface area contributed by atoms with Gasteiger partial charge >= 0.3 is 0 Å². The number of anilines is 1. The number of carbonyl (C=O) groups is 1. The zero-order chi connectivity index (χ0) is 18.1. The van der Waals surface area contributed by atoms with E-state index in [1.165, 1.54) is 19.3 Å². The number of hydrogen-bond acceptors (Lipinski definition) is 4. The molecular weight excluding hydrogens is 326 g/mol. The molecule has 2 aromatic rings. The fraction of sp³-hybridized carbons (Fsp3) is 0.550. The minimum absolute atomic E-state index is 0.0249. The second-order valence-electron chi connectivity index (χ2n) is 8.10. The smallest absolute Gasteiger partial charge is 0.256 e. The van der Waals surface area contributed by atoms with Gasteiger partial charge in [-0.25, -0.2) is 4.68 Å². The maximum Gasteiger partial charge on any atom is 0.256 e. The van der Waals surface area contributed by atoms with Gasteiger partial charge in [0.25, 0.3) is 5.91 Å². The number of nitrogens with one attached hydrogen (secondary N) is 2. The molecule has 2 aromatic heterocycles. The lowest BCUT2D eigenvalue weighted by Gasteiger charge is -2.38. The first-order chi connectivity index (χ1) is 12.5. The minimum Gasteiger partial charge on any atom is -0.361 e. The Morgan fingerprint density at radius 2 is 2.08 bits per heavy atom. The number of pyridine rings is 1. The third-order valence-corrected chi connectivity index (χ3v) is 5.59. The van der Waals surface area contributed by atoms with E-state index in [0.29, 0.717) is 5.56 Å². The standard InChI is InChI=1S/C20H27N5O/c1-20(2)12-17(16-10-6-7-11-21-16)24-18-15(13-22-25(18)20)19(26)23-14-8-4-3-5-9-14/h6-7,10-11,13-14,17,24H,3-5,8-9,12H2,1-2H3,(H,23,26). The van der Waals surface area contributed by atoms with Crippen LogP contribution in [0.25, 0.3) is 0 Å². The molecule has 0 bridgehead atoms. The number of carbonyl (C=O) groups excluding carboxylic acids is 1. The fourth-order valence-corrected chi connectivity index (χ4v) is 4.19. The van der Waals surface area contributed by atoms with E-state index in [1.807, 2.05) is 29.1 Å². The number of hydrogen-bond donors (Lipinski definition) is 2. The molecule has 6 heteroatoms. The normalized spacial score (nSPS) is 22.3. The summed E-state index contributed by atoms with van der Waals surface area (Å²) in [6.07, 6.45) is 10.2. The van der Waals surface area contributed by atoms with Gasteiger partial charge in [0.2, 0.25) is 0 Å². The Bertz CT molecular complexity index is 777. The number of amides is 1. The molecule has 1 aliphatic heterocycles. The van der Waals surface area contributed by atoms with Crippen LogP contribution in [0.2, 0.25) is 0 Å². The van der Waals surface area contributed by atoms with Gasteiger partial charge < -0.3 is 10.6 Å². The topological polar surface area (TPSA) is 71.8 Å². The van der Waals surface area contributed by atoms with Crippen molar-refractivity contribution < 1.29 is 4.79 Å². The highest BCUT2D eigenvalue weighted by Gasteiger charge is 2.37. The van der Waals surface area contributed by atoms with Crippen LogP contribution in [0.4, 0.5) is 5.82 Å². The number of rotatable bonds is 3. The summed E-state index contributed by atoms with van der Waals surface area (Å²) in [5, 5.41) is 11.2. The summed E-state index contributed by atoms with van der Waals surface area (Å²) < 4.78 is 1.95. The molecule has 1 saturated carbocycles. The molecule has 0 spiro atoms. The van der Waals surface area contributed by atoms with Crippen LogP contribution in [-0.4, -0.2) is 26.7 Å². The first kappa shape index (κ1) is 17.1. The Balaban J connectivity index is 1.60. The minimum atomic E-state index is -0.188. The van der Waals surface area contributed by atoms with Crippen molar-refractivity contribution >= 4 is 11.7 Å². The van der Waals surface area contributed by atoms with Crippen molar-refractivity contribution in [2.24, 2.45) is 0 Å². The van der Waals surface area contributed by atoms with Crippen molar-refractivity contribution in [2.45, 2.75) is 70.0 Å². The fourth-order valence-electron chi connectivity index (χ4n) is 4.19. The third kappa shape index (κ3) is 3.20. The van der Waals surface area contributed by atoms with E-state index >= 15 is 0 Å². The highest BCUT2D eigenvalue weighted by molar-refractivity contribution is 5.99. The Hall–Kier alpha value is -2.37. The van der Waals surface area contributed by atoms with Crippen LogP contribution in [-0.2, 0) is 5.54 Å². The molecule has 3 heterocycles. The van der Waals surface area contributed by atoms with Gasteiger partial charge in [0.05, 0.1) is 23.5 Å². The van der Waals surface area contributed by atoms with Crippen molar-refractivity contribution in [3.05, 3.63) is 41.9 Å². The second kappa shape index (κ2) is 6.74. The third-order valence-electron chi connectivity index (χ3n) is 5.59. The maximum atomic E-state index is 12.9. The molecule has 138 valence electrons. The monoisotopic (exact) mass is 353 g/mol. The van der Waals surface area contributed by atoms with Gasteiger partial charge in [0.15, 0.2) is 0 Å². The van der Waals surface area contributed by atoms with Crippen LogP contribution in [0.5, 0.6) is 0 Å². The first-order valence-corrected chi connectivity index (χ1v) is 9.61. The van der Waals surface area contributed by atoms with Gasteiger partial charge in [-0.3, -0.25) is 9.78 Å². The summed E-state index contributed by atoms with van der Waals surface area (Å²) in [6, 6.07) is 6.30. The van der Waals surface area contributed by atoms with Gasteiger partial charge in [0, 0.05) is 12.2 Å². The molecule has 4 rings (SSSR count). The van der Waals surface area contributed by atoms with Crippen LogP contribution in [0.1, 0.15) is 74.5 Å². The number of nitrogens with zero attached hydrogens (tertiary/aromatic N) is 3. The Labute approximate surface area is 154 Å². The number of fused-ring (bicyclic) bond motifs is 1. The SMILES string of the molecule is CC1(C)CC(c2ccccn2)Nc2c(C(=O)NC3CCCCC3)cnn21. The van der Waals surface area contributed by atoms with Crippen LogP contribution in [0.15, 0.2) is 30.6 Å². The van der Waals surface area contributed by atoms with E-state index in [1.54, 1.807) is 6.20 Å². The second-order valence-corrected chi connectivity index (χ2v) is 8.10. The molecule has 6 nitrogen and oxygen atoms in total. The maximum absolute atomic E-state index is 12.9. The van der Waals surface area contributed by atoms with Crippen LogP contribution in [0, 0.1) is 0 Å². The van der Waals surface area contributed by atoms with E-state index < -0.39 is 0 Å². The zero-order valence-corrected chi connectivity index (χ0v) is 15.5. The Morgan fingerprint density at radius 1 is 1.27 bits per heavy atom. The van der Waals surface area contributed by atoms with Gasteiger partial charge in [0.1, 0.15) is 11.4 Å². The molecule has 1 aliphatic carbocycles. The summed E-state index contributed by atoms with van der Waals surface area (Å²) >= 11 is 0. The molecule has 2 N–H and O–H groups in total.